The Bertz CT molecular complexity index is 455. The minimum absolute atomic E-state index is 0.0919. The highest BCUT2D eigenvalue weighted by molar-refractivity contribution is 6.20. The predicted molar refractivity (Wildman–Crippen MR) is 75.0 cm³/mol. The van der Waals surface area contributed by atoms with Crippen LogP contribution in [0.4, 0.5) is 0 Å². The number of amides is 1. The molecule has 2 aliphatic carbocycles. The van der Waals surface area contributed by atoms with Crippen molar-refractivity contribution in [2.45, 2.75) is 51.5 Å². The fourth-order valence-corrected chi connectivity index (χ4v) is 2.37. The van der Waals surface area contributed by atoms with Gasteiger partial charge < -0.3 is 5.32 Å². The largest absolute Gasteiger partial charge is 0.324 e. The van der Waals surface area contributed by atoms with E-state index >= 15 is 0 Å². The number of nitrogens with zero attached hydrogens (tertiary/aromatic N) is 1. The zero-order chi connectivity index (χ0) is 13.7. The summed E-state index contributed by atoms with van der Waals surface area (Å²) in [7, 11) is 0. The van der Waals surface area contributed by atoms with E-state index in [1.165, 1.54) is 31.4 Å². The van der Waals surface area contributed by atoms with Crippen LogP contribution in [0, 0.1) is 0 Å². The molecule has 1 N–H and O–H groups in total. The topological polar surface area (TPSA) is 58.5 Å². The third kappa shape index (κ3) is 3.88. The van der Waals surface area contributed by atoms with E-state index in [2.05, 4.69) is 5.32 Å². The Labute approximate surface area is 113 Å². The van der Waals surface area contributed by atoms with Gasteiger partial charge in [-0.1, -0.05) is 26.2 Å². The Kier molecular flexibility index (Phi) is 4.66. The second-order valence-electron chi connectivity index (χ2n) is 5.00. The average molecular weight is 260 g/mol. The molecule has 0 atom stereocenters. The molecule has 1 fully saturated rings. The number of nitrogens with one attached hydrogen (secondary N) is 1. The number of carbonyl (C=O) groups is 2. The maximum Gasteiger partial charge on any atom is 0.224 e. The lowest BCUT2D eigenvalue weighted by Crippen LogP contribution is -2.29. The molecule has 0 radical (unpaired) electrons. The molecule has 0 aliphatic heterocycles. The quantitative estimate of drug-likeness (QED) is 0.792. The summed E-state index contributed by atoms with van der Waals surface area (Å²) in [6.45, 7) is 1.79. The van der Waals surface area contributed by atoms with E-state index in [-0.39, 0.29) is 11.7 Å². The minimum atomic E-state index is -0.103. The zero-order valence-corrected chi connectivity index (χ0v) is 11.3. The molecule has 102 valence electrons. The van der Waals surface area contributed by atoms with Gasteiger partial charge in [0, 0.05) is 12.5 Å². The lowest BCUT2D eigenvalue weighted by molar-refractivity contribution is -0.119. The molecule has 1 amide bonds. The number of allylic oxidation sites excluding steroid dienone is 3. The van der Waals surface area contributed by atoms with E-state index in [1.54, 1.807) is 13.0 Å². The molecule has 2 aliphatic rings. The smallest absolute Gasteiger partial charge is 0.224 e. The van der Waals surface area contributed by atoms with Crippen molar-refractivity contribution in [2.75, 3.05) is 0 Å². The third-order valence-corrected chi connectivity index (χ3v) is 3.46. The summed E-state index contributed by atoms with van der Waals surface area (Å²) in [5.74, 6) is -0.195. The molecular formula is C15H20N2O2. The van der Waals surface area contributed by atoms with Crippen LogP contribution in [0.2, 0.25) is 0 Å². The Morgan fingerprint density at radius 1 is 1.32 bits per heavy atom. The molecule has 19 heavy (non-hydrogen) atoms. The van der Waals surface area contributed by atoms with Gasteiger partial charge in [0.15, 0.2) is 5.78 Å². The Morgan fingerprint density at radius 3 is 2.74 bits per heavy atom. The molecule has 0 bridgehead atoms. The number of carbonyl (C=O) groups excluding carboxylic acids is 2. The zero-order valence-electron chi connectivity index (χ0n) is 11.3. The van der Waals surface area contributed by atoms with Crippen molar-refractivity contribution in [3.05, 3.63) is 23.9 Å². The average Bonchev–Trinajstić information content (AvgIpc) is 2.43. The molecule has 4 heteroatoms. The van der Waals surface area contributed by atoms with Crippen LogP contribution >= 0.6 is 0 Å². The van der Waals surface area contributed by atoms with Gasteiger partial charge in [-0.2, -0.15) is 0 Å². The second-order valence-corrected chi connectivity index (χ2v) is 5.00. The van der Waals surface area contributed by atoms with E-state index in [1.807, 2.05) is 0 Å². The molecule has 1 saturated carbocycles. The van der Waals surface area contributed by atoms with Gasteiger partial charge in [-0.05, 0) is 25.0 Å². The fraction of sp³-hybridized carbons (Fsp3) is 0.533. The third-order valence-electron chi connectivity index (χ3n) is 3.46. The van der Waals surface area contributed by atoms with Crippen LogP contribution in [0.25, 0.3) is 0 Å². The summed E-state index contributed by atoms with van der Waals surface area (Å²) >= 11 is 0. The van der Waals surface area contributed by atoms with E-state index in [4.69, 9.17) is 4.99 Å². The number of rotatable bonds is 3. The summed E-state index contributed by atoms with van der Waals surface area (Å²) in [5, 5.41) is 2.76. The maximum atomic E-state index is 11.5. The van der Waals surface area contributed by atoms with Crippen LogP contribution < -0.4 is 5.32 Å². The Balaban J connectivity index is 2.13. The lowest BCUT2D eigenvalue weighted by Gasteiger charge is -2.20. The van der Waals surface area contributed by atoms with Crippen molar-refractivity contribution in [3.8, 4) is 0 Å². The molecule has 0 heterocycles. The van der Waals surface area contributed by atoms with Crippen molar-refractivity contribution in [1.29, 1.82) is 0 Å². The van der Waals surface area contributed by atoms with E-state index in [0.29, 0.717) is 18.2 Å². The number of hydrogen-bond acceptors (Lipinski definition) is 3. The summed E-state index contributed by atoms with van der Waals surface area (Å²) in [4.78, 5) is 27.6. The second kappa shape index (κ2) is 6.45. The van der Waals surface area contributed by atoms with Gasteiger partial charge in [0.2, 0.25) is 5.91 Å². The number of aliphatic imine (C=N–C) groups is 1. The van der Waals surface area contributed by atoms with Gasteiger partial charge in [0.05, 0.1) is 17.5 Å². The summed E-state index contributed by atoms with van der Waals surface area (Å²) < 4.78 is 0. The first-order chi connectivity index (χ1) is 9.19. The molecule has 4 nitrogen and oxygen atoms in total. The van der Waals surface area contributed by atoms with Crippen LogP contribution in [0.15, 0.2) is 28.9 Å². The van der Waals surface area contributed by atoms with Gasteiger partial charge in [0.25, 0.3) is 0 Å². The molecule has 0 unspecified atom stereocenters. The standard InChI is InChI=1S/C15H20N2O2/c1-2-15(19)17-14-10-12(18)8-9-13(14)16-11-6-4-3-5-7-11/h8-11H,2-7H2,1H3,(H,17,19). The van der Waals surface area contributed by atoms with E-state index in [0.717, 1.165) is 18.6 Å². The molecule has 0 aromatic carbocycles. The SMILES string of the molecule is CCC(=O)NC1=CC(=O)C=CC1=NC1CCCCC1. The highest BCUT2D eigenvalue weighted by atomic mass is 16.1. The van der Waals surface area contributed by atoms with Crippen molar-refractivity contribution in [2.24, 2.45) is 4.99 Å². The van der Waals surface area contributed by atoms with E-state index < -0.39 is 0 Å². The van der Waals surface area contributed by atoms with Crippen LogP contribution in [0.1, 0.15) is 45.4 Å². The molecule has 2 rings (SSSR count). The first-order valence-electron chi connectivity index (χ1n) is 7.01. The van der Waals surface area contributed by atoms with Gasteiger partial charge in [-0.3, -0.25) is 14.6 Å². The van der Waals surface area contributed by atoms with Gasteiger partial charge in [-0.15, -0.1) is 0 Å². The van der Waals surface area contributed by atoms with Crippen molar-refractivity contribution in [1.82, 2.24) is 5.32 Å². The van der Waals surface area contributed by atoms with Gasteiger partial charge in [-0.25, -0.2) is 0 Å². The summed E-state index contributed by atoms with van der Waals surface area (Å²) in [6.07, 6.45) is 11.0. The molecule has 0 spiro atoms. The lowest BCUT2D eigenvalue weighted by atomic mass is 9.95. The molecular weight excluding hydrogens is 240 g/mol. The van der Waals surface area contributed by atoms with Crippen LogP contribution in [0.3, 0.4) is 0 Å². The predicted octanol–water partition coefficient (Wildman–Crippen LogP) is 2.31. The highest BCUT2D eigenvalue weighted by Gasteiger charge is 2.17. The monoisotopic (exact) mass is 260 g/mol. The minimum Gasteiger partial charge on any atom is -0.324 e. The number of hydrogen-bond donors (Lipinski definition) is 1. The van der Waals surface area contributed by atoms with Crippen LogP contribution in [0.5, 0.6) is 0 Å². The summed E-state index contributed by atoms with van der Waals surface area (Å²) in [6, 6.07) is 0.323. The molecule has 0 saturated heterocycles. The van der Waals surface area contributed by atoms with Crippen molar-refractivity contribution < 1.29 is 9.59 Å². The highest BCUT2D eigenvalue weighted by Crippen LogP contribution is 2.21. The summed E-state index contributed by atoms with van der Waals surface area (Å²) in [5.41, 5.74) is 1.28. The first kappa shape index (κ1) is 13.7. The van der Waals surface area contributed by atoms with Crippen molar-refractivity contribution in [3.63, 3.8) is 0 Å². The van der Waals surface area contributed by atoms with E-state index in [9.17, 15) is 9.59 Å². The Hall–Kier alpha value is -1.71. The molecule has 0 aromatic heterocycles. The number of ketones is 1. The van der Waals surface area contributed by atoms with Gasteiger partial charge >= 0.3 is 0 Å². The maximum absolute atomic E-state index is 11.5. The van der Waals surface area contributed by atoms with Crippen LogP contribution in [-0.2, 0) is 9.59 Å². The Morgan fingerprint density at radius 2 is 2.05 bits per heavy atom. The fourth-order valence-electron chi connectivity index (χ4n) is 2.37. The van der Waals surface area contributed by atoms with Crippen molar-refractivity contribution >= 4 is 17.4 Å². The first-order valence-corrected chi connectivity index (χ1v) is 7.01. The van der Waals surface area contributed by atoms with Gasteiger partial charge in [0.1, 0.15) is 0 Å². The molecule has 0 aromatic rings. The normalized spacial score (nSPS) is 22.5. The van der Waals surface area contributed by atoms with Crippen LogP contribution in [-0.4, -0.2) is 23.4 Å².